The van der Waals surface area contributed by atoms with Crippen molar-refractivity contribution in [1.29, 1.82) is 0 Å². The van der Waals surface area contributed by atoms with E-state index in [1.54, 1.807) is 6.20 Å². The van der Waals surface area contributed by atoms with Gasteiger partial charge >= 0.3 is 0 Å². The normalized spacial score (nSPS) is 13.2. The van der Waals surface area contributed by atoms with Crippen LogP contribution in [0.25, 0.3) is 0 Å². The summed E-state index contributed by atoms with van der Waals surface area (Å²) in [7, 11) is 0. The smallest absolute Gasteiger partial charge is 0.0461 e. The van der Waals surface area contributed by atoms with Gasteiger partial charge in [0.05, 0.1) is 0 Å². The van der Waals surface area contributed by atoms with Crippen molar-refractivity contribution < 1.29 is 0 Å². The Hall–Kier alpha value is -0.930. The molecule has 13 heavy (non-hydrogen) atoms. The third-order valence-corrected chi connectivity index (χ3v) is 1.86. The summed E-state index contributed by atoms with van der Waals surface area (Å²) < 4.78 is 0. The molecule has 1 heterocycles. The highest BCUT2D eigenvalue weighted by atomic mass is 15.0. The average Bonchev–Trinajstić information content (AvgIpc) is 2.15. The summed E-state index contributed by atoms with van der Waals surface area (Å²) in [4.78, 5) is 4.07. The van der Waals surface area contributed by atoms with Gasteiger partial charge in [0.1, 0.15) is 0 Å². The van der Waals surface area contributed by atoms with E-state index in [0.29, 0.717) is 12.6 Å². The maximum atomic E-state index is 5.66. The molecule has 1 aromatic heterocycles. The van der Waals surface area contributed by atoms with Crippen molar-refractivity contribution in [3.63, 3.8) is 0 Å². The van der Waals surface area contributed by atoms with Crippen LogP contribution in [0, 0.1) is 0 Å². The number of aromatic nitrogens is 1. The molecule has 1 unspecified atom stereocenters. The number of rotatable bonds is 4. The second-order valence-electron chi connectivity index (χ2n) is 3.40. The molecule has 0 spiro atoms. The highest BCUT2D eigenvalue weighted by molar-refractivity contribution is 5.14. The third kappa shape index (κ3) is 3.13. The number of hydrogen-bond acceptors (Lipinski definition) is 3. The summed E-state index contributed by atoms with van der Waals surface area (Å²) >= 11 is 0. The van der Waals surface area contributed by atoms with Crippen LogP contribution in [0.4, 0.5) is 0 Å². The minimum Gasteiger partial charge on any atom is -0.329 e. The van der Waals surface area contributed by atoms with Gasteiger partial charge in [0.2, 0.25) is 0 Å². The first-order valence-corrected chi connectivity index (χ1v) is 4.60. The average molecular weight is 179 g/mol. The Bertz CT molecular complexity index is 233. The zero-order chi connectivity index (χ0) is 9.68. The van der Waals surface area contributed by atoms with E-state index in [2.05, 4.69) is 24.1 Å². The summed E-state index contributed by atoms with van der Waals surface area (Å²) in [5, 5.41) is 3.38. The van der Waals surface area contributed by atoms with Crippen molar-refractivity contribution in [3.8, 4) is 0 Å². The van der Waals surface area contributed by atoms with Crippen molar-refractivity contribution in [2.75, 3.05) is 6.54 Å². The van der Waals surface area contributed by atoms with Crippen molar-refractivity contribution in [1.82, 2.24) is 10.3 Å². The molecular formula is C10H17N3. The molecule has 1 rings (SSSR count). The van der Waals surface area contributed by atoms with Crippen molar-refractivity contribution in [2.24, 2.45) is 5.73 Å². The molecule has 3 heteroatoms. The first-order chi connectivity index (χ1) is 6.24. The molecule has 1 aromatic rings. The quantitative estimate of drug-likeness (QED) is 0.727. The van der Waals surface area contributed by atoms with Crippen LogP contribution < -0.4 is 11.1 Å². The van der Waals surface area contributed by atoms with Gasteiger partial charge in [-0.15, -0.1) is 0 Å². The highest BCUT2D eigenvalue weighted by Crippen LogP contribution is 2.09. The van der Waals surface area contributed by atoms with Gasteiger partial charge in [-0.25, -0.2) is 0 Å². The second-order valence-corrected chi connectivity index (χ2v) is 3.40. The molecule has 72 valence electrons. The van der Waals surface area contributed by atoms with E-state index >= 15 is 0 Å². The largest absolute Gasteiger partial charge is 0.329 e. The fraction of sp³-hybridized carbons (Fsp3) is 0.500. The van der Waals surface area contributed by atoms with Crippen molar-refractivity contribution >= 4 is 0 Å². The molecule has 0 radical (unpaired) electrons. The molecule has 0 saturated carbocycles. The number of nitrogens with two attached hydrogens (primary N) is 1. The molecule has 1 atom stereocenters. The fourth-order valence-corrected chi connectivity index (χ4v) is 1.28. The molecule has 3 N–H and O–H groups in total. The van der Waals surface area contributed by atoms with Crippen molar-refractivity contribution in [2.45, 2.75) is 25.9 Å². The Morgan fingerprint density at radius 2 is 2.31 bits per heavy atom. The van der Waals surface area contributed by atoms with Crippen LogP contribution in [0.15, 0.2) is 24.5 Å². The molecule has 0 aliphatic heterocycles. The van der Waals surface area contributed by atoms with Gasteiger partial charge in [0, 0.05) is 31.0 Å². The molecular weight excluding hydrogens is 162 g/mol. The van der Waals surface area contributed by atoms with E-state index in [4.69, 9.17) is 5.73 Å². The second kappa shape index (κ2) is 4.94. The molecule has 0 fully saturated rings. The van der Waals surface area contributed by atoms with Crippen LogP contribution in [0.3, 0.4) is 0 Å². The summed E-state index contributed by atoms with van der Waals surface area (Å²) in [5.74, 6) is 0. The maximum Gasteiger partial charge on any atom is 0.0461 e. The van der Waals surface area contributed by atoms with Gasteiger partial charge in [0.25, 0.3) is 0 Å². The zero-order valence-corrected chi connectivity index (χ0v) is 8.20. The van der Waals surface area contributed by atoms with Gasteiger partial charge in [-0.2, -0.15) is 0 Å². The minimum absolute atomic E-state index is 0.216. The number of nitrogens with zero attached hydrogens (tertiary/aromatic N) is 1. The third-order valence-electron chi connectivity index (χ3n) is 1.86. The minimum atomic E-state index is 0.216. The van der Waals surface area contributed by atoms with E-state index < -0.39 is 0 Å². The Labute approximate surface area is 79.4 Å². The number of nitrogens with one attached hydrogen (secondary N) is 1. The lowest BCUT2D eigenvalue weighted by molar-refractivity contribution is 0.483. The predicted molar refractivity (Wildman–Crippen MR) is 54.3 cm³/mol. The Kier molecular flexibility index (Phi) is 3.86. The van der Waals surface area contributed by atoms with E-state index in [1.807, 2.05) is 18.3 Å². The van der Waals surface area contributed by atoms with Crippen LogP contribution in [0.2, 0.25) is 0 Å². The topological polar surface area (TPSA) is 50.9 Å². The fourth-order valence-electron chi connectivity index (χ4n) is 1.28. The van der Waals surface area contributed by atoms with Crippen LogP contribution in [0.1, 0.15) is 25.5 Å². The van der Waals surface area contributed by atoms with E-state index in [0.717, 1.165) is 5.56 Å². The molecule has 0 aromatic carbocycles. The highest BCUT2D eigenvalue weighted by Gasteiger charge is 2.09. The van der Waals surface area contributed by atoms with Crippen molar-refractivity contribution in [3.05, 3.63) is 30.1 Å². The summed E-state index contributed by atoms with van der Waals surface area (Å²) in [6, 6.07) is 4.63. The summed E-state index contributed by atoms with van der Waals surface area (Å²) in [6.07, 6.45) is 3.62. The van der Waals surface area contributed by atoms with Crippen LogP contribution >= 0.6 is 0 Å². The van der Waals surface area contributed by atoms with Gasteiger partial charge in [0.15, 0.2) is 0 Å². The lowest BCUT2D eigenvalue weighted by Crippen LogP contribution is -2.33. The van der Waals surface area contributed by atoms with E-state index in [-0.39, 0.29) is 6.04 Å². The van der Waals surface area contributed by atoms with Gasteiger partial charge in [-0.05, 0) is 11.6 Å². The number of pyridine rings is 1. The Balaban J connectivity index is 2.67. The molecule has 0 aliphatic carbocycles. The maximum absolute atomic E-state index is 5.66. The number of hydrogen-bond donors (Lipinski definition) is 2. The van der Waals surface area contributed by atoms with Crippen LogP contribution in [-0.2, 0) is 0 Å². The first kappa shape index (κ1) is 10.2. The molecule has 0 aliphatic rings. The lowest BCUT2D eigenvalue weighted by atomic mass is 10.1. The van der Waals surface area contributed by atoms with Gasteiger partial charge in [-0.1, -0.05) is 19.9 Å². The first-order valence-electron chi connectivity index (χ1n) is 4.60. The summed E-state index contributed by atoms with van der Waals surface area (Å²) in [6.45, 7) is 4.82. The molecule has 0 saturated heterocycles. The molecule has 0 bridgehead atoms. The van der Waals surface area contributed by atoms with Gasteiger partial charge < -0.3 is 11.1 Å². The Morgan fingerprint density at radius 3 is 2.77 bits per heavy atom. The van der Waals surface area contributed by atoms with E-state index in [1.165, 1.54) is 0 Å². The van der Waals surface area contributed by atoms with Crippen LogP contribution in [-0.4, -0.2) is 17.6 Å². The SMILES string of the molecule is CC(C)NC(CN)c1cccnc1. The monoisotopic (exact) mass is 179 g/mol. The predicted octanol–water partition coefficient (Wildman–Crippen LogP) is 1.08. The standard InChI is InChI=1S/C10H17N3/c1-8(2)13-10(6-11)9-4-3-5-12-7-9/h3-5,7-8,10,13H,6,11H2,1-2H3. The zero-order valence-electron chi connectivity index (χ0n) is 8.20. The van der Waals surface area contributed by atoms with Gasteiger partial charge in [-0.3, -0.25) is 4.98 Å². The lowest BCUT2D eigenvalue weighted by Gasteiger charge is -2.19. The van der Waals surface area contributed by atoms with E-state index in [9.17, 15) is 0 Å². The molecule has 3 nitrogen and oxygen atoms in total. The van der Waals surface area contributed by atoms with Crippen LogP contribution in [0.5, 0.6) is 0 Å². The Morgan fingerprint density at radius 1 is 1.54 bits per heavy atom. The summed E-state index contributed by atoms with van der Waals surface area (Å²) in [5.41, 5.74) is 6.81. The molecule has 0 amide bonds.